The van der Waals surface area contributed by atoms with E-state index < -0.39 is 0 Å². The van der Waals surface area contributed by atoms with E-state index in [2.05, 4.69) is 10.3 Å². The SMILES string of the molecule is COc1ccccc1-c1csc(NC(=O)CSc2ccc(Cl)cc2)n1. The lowest BCUT2D eigenvalue weighted by Crippen LogP contribution is -2.13. The molecule has 128 valence electrons. The quantitative estimate of drug-likeness (QED) is 0.587. The Labute approximate surface area is 159 Å². The van der Waals surface area contributed by atoms with Crippen molar-refractivity contribution in [2.24, 2.45) is 0 Å². The molecule has 0 saturated heterocycles. The van der Waals surface area contributed by atoms with Crippen LogP contribution in [0.25, 0.3) is 11.3 Å². The third-order valence-electron chi connectivity index (χ3n) is 3.32. The predicted octanol–water partition coefficient (Wildman–Crippen LogP) is 5.20. The van der Waals surface area contributed by atoms with Gasteiger partial charge in [-0.3, -0.25) is 4.79 Å². The van der Waals surface area contributed by atoms with Crippen LogP contribution in [-0.2, 0) is 4.79 Å². The van der Waals surface area contributed by atoms with Crippen LogP contribution in [0.4, 0.5) is 5.13 Å². The molecule has 3 rings (SSSR count). The number of hydrogen-bond donors (Lipinski definition) is 1. The molecule has 1 aromatic heterocycles. The van der Waals surface area contributed by atoms with Crippen LogP contribution >= 0.6 is 34.7 Å². The zero-order valence-electron chi connectivity index (χ0n) is 13.4. The number of ether oxygens (including phenoxy) is 1. The van der Waals surface area contributed by atoms with Gasteiger partial charge in [-0.15, -0.1) is 23.1 Å². The number of rotatable bonds is 6. The van der Waals surface area contributed by atoms with Gasteiger partial charge in [0.2, 0.25) is 5.91 Å². The summed E-state index contributed by atoms with van der Waals surface area (Å²) in [6.07, 6.45) is 0. The van der Waals surface area contributed by atoms with E-state index in [1.807, 2.05) is 53.9 Å². The Morgan fingerprint density at radius 3 is 2.76 bits per heavy atom. The van der Waals surface area contributed by atoms with Gasteiger partial charge in [0.1, 0.15) is 5.75 Å². The maximum atomic E-state index is 12.1. The minimum absolute atomic E-state index is 0.0964. The average Bonchev–Trinajstić information content (AvgIpc) is 3.09. The van der Waals surface area contributed by atoms with E-state index in [9.17, 15) is 4.79 Å². The van der Waals surface area contributed by atoms with E-state index in [1.165, 1.54) is 23.1 Å². The summed E-state index contributed by atoms with van der Waals surface area (Å²) in [4.78, 5) is 17.6. The number of aromatic nitrogens is 1. The highest BCUT2D eigenvalue weighted by molar-refractivity contribution is 8.00. The number of thioether (sulfide) groups is 1. The number of methoxy groups -OCH3 is 1. The number of nitrogens with one attached hydrogen (secondary N) is 1. The second-order valence-corrected chi connectivity index (χ2v) is 7.37. The Morgan fingerprint density at radius 1 is 1.24 bits per heavy atom. The first-order chi connectivity index (χ1) is 12.2. The average molecular weight is 391 g/mol. The fraction of sp³-hybridized carbons (Fsp3) is 0.111. The number of nitrogens with zero attached hydrogens (tertiary/aromatic N) is 1. The van der Waals surface area contributed by atoms with Crippen molar-refractivity contribution >= 4 is 45.7 Å². The highest BCUT2D eigenvalue weighted by Gasteiger charge is 2.11. The van der Waals surface area contributed by atoms with Crippen LogP contribution < -0.4 is 10.1 Å². The lowest BCUT2D eigenvalue weighted by Gasteiger charge is -2.05. The first-order valence-electron chi connectivity index (χ1n) is 7.43. The van der Waals surface area contributed by atoms with E-state index in [4.69, 9.17) is 16.3 Å². The molecule has 4 nitrogen and oxygen atoms in total. The molecule has 1 heterocycles. The Balaban J connectivity index is 1.61. The largest absolute Gasteiger partial charge is 0.496 e. The van der Waals surface area contributed by atoms with Crippen LogP contribution in [0, 0.1) is 0 Å². The summed E-state index contributed by atoms with van der Waals surface area (Å²) in [5.41, 5.74) is 1.68. The number of carbonyl (C=O) groups is 1. The molecule has 0 aliphatic carbocycles. The van der Waals surface area contributed by atoms with Crippen molar-refractivity contribution in [3.63, 3.8) is 0 Å². The van der Waals surface area contributed by atoms with Gasteiger partial charge in [0.25, 0.3) is 0 Å². The van der Waals surface area contributed by atoms with Gasteiger partial charge < -0.3 is 10.1 Å². The maximum Gasteiger partial charge on any atom is 0.236 e. The lowest BCUT2D eigenvalue weighted by molar-refractivity contribution is -0.113. The Bertz CT molecular complexity index is 866. The summed E-state index contributed by atoms with van der Waals surface area (Å²) in [6, 6.07) is 15.1. The third kappa shape index (κ3) is 4.75. The van der Waals surface area contributed by atoms with Crippen LogP contribution in [-0.4, -0.2) is 23.8 Å². The number of para-hydroxylation sites is 1. The molecular weight excluding hydrogens is 376 g/mol. The molecule has 1 N–H and O–H groups in total. The smallest absolute Gasteiger partial charge is 0.236 e. The van der Waals surface area contributed by atoms with Gasteiger partial charge in [-0.1, -0.05) is 23.7 Å². The highest BCUT2D eigenvalue weighted by Crippen LogP contribution is 2.32. The first kappa shape index (κ1) is 17.8. The number of halogens is 1. The number of carbonyl (C=O) groups excluding carboxylic acids is 1. The zero-order valence-corrected chi connectivity index (χ0v) is 15.8. The van der Waals surface area contributed by atoms with Gasteiger partial charge in [0, 0.05) is 20.9 Å². The third-order valence-corrected chi connectivity index (χ3v) is 5.34. The summed E-state index contributed by atoms with van der Waals surface area (Å²) >= 11 is 8.69. The fourth-order valence-electron chi connectivity index (χ4n) is 2.15. The van der Waals surface area contributed by atoms with Crippen LogP contribution in [0.1, 0.15) is 0 Å². The van der Waals surface area contributed by atoms with Gasteiger partial charge in [0.15, 0.2) is 5.13 Å². The van der Waals surface area contributed by atoms with Crippen molar-refractivity contribution < 1.29 is 9.53 Å². The van der Waals surface area contributed by atoms with Crippen molar-refractivity contribution in [3.8, 4) is 17.0 Å². The molecule has 0 spiro atoms. The lowest BCUT2D eigenvalue weighted by atomic mass is 10.1. The Morgan fingerprint density at radius 2 is 2.00 bits per heavy atom. The van der Waals surface area contributed by atoms with Gasteiger partial charge in [0.05, 0.1) is 18.6 Å². The molecular formula is C18H15ClN2O2S2. The molecule has 2 aromatic carbocycles. The van der Waals surface area contributed by atoms with E-state index in [0.29, 0.717) is 15.9 Å². The maximum absolute atomic E-state index is 12.1. The fourth-order valence-corrected chi connectivity index (χ4v) is 3.70. The predicted molar refractivity (Wildman–Crippen MR) is 105 cm³/mol. The van der Waals surface area contributed by atoms with Crippen molar-refractivity contribution in [1.29, 1.82) is 0 Å². The molecule has 7 heteroatoms. The van der Waals surface area contributed by atoms with Crippen LogP contribution in [0.3, 0.4) is 0 Å². The topological polar surface area (TPSA) is 51.2 Å². The Kier molecular flexibility index (Phi) is 5.96. The summed E-state index contributed by atoms with van der Waals surface area (Å²) in [7, 11) is 1.63. The second-order valence-electron chi connectivity index (χ2n) is 5.03. The van der Waals surface area contributed by atoms with Crippen LogP contribution in [0.5, 0.6) is 5.75 Å². The van der Waals surface area contributed by atoms with Gasteiger partial charge >= 0.3 is 0 Å². The molecule has 0 radical (unpaired) electrons. The standard InChI is InChI=1S/C18H15ClN2O2S2/c1-23-16-5-3-2-4-14(16)15-10-25-18(20-15)21-17(22)11-24-13-8-6-12(19)7-9-13/h2-10H,11H2,1H3,(H,20,21,22). The number of benzene rings is 2. The minimum Gasteiger partial charge on any atom is -0.496 e. The second kappa shape index (κ2) is 8.38. The molecule has 0 unspecified atom stereocenters. The normalized spacial score (nSPS) is 10.5. The van der Waals surface area contributed by atoms with E-state index in [0.717, 1.165) is 21.9 Å². The summed E-state index contributed by atoms with van der Waals surface area (Å²) in [5, 5.41) is 5.99. The minimum atomic E-state index is -0.0964. The molecule has 0 aliphatic rings. The first-order valence-corrected chi connectivity index (χ1v) is 9.67. The summed E-state index contributed by atoms with van der Waals surface area (Å²) < 4.78 is 5.35. The molecule has 3 aromatic rings. The van der Waals surface area contributed by atoms with Crippen molar-refractivity contribution in [3.05, 3.63) is 58.9 Å². The summed E-state index contributed by atoms with van der Waals surface area (Å²) in [5.74, 6) is 0.968. The summed E-state index contributed by atoms with van der Waals surface area (Å²) in [6.45, 7) is 0. The number of hydrogen-bond acceptors (Lipinski definition) is 5. The number of amides is 1. The van der Waals surface area contributed by atoms with Crippen molar-refractivity contribution in [2.45, 2.75) is 4.90 Å². The van der Waals surface area contributed by atoms with Crippen molar-refractivity contribution in [1.82, 2.24) is 4.98 Å². The molecule has 25 heavy (non-hydrogen) atoms. The van der Waals surface area contributed by atoms with Crippen LogP contribution in [0.15, 0.2) is 58.8 Å². The van der Waals surface area contributed by atoms with E-state index in [-0.39, 0.29) is 5.91 Å². The number of thiazole rings is 1. The van der Waals surface area contributed by atoms with Crippen LogP contribution in [0.2, 0.25) is 5.02 Å². The van der Waals surface area contributed by atoms with E-state index >= 15 is 0 Å². The van der Waals surface area contributed by atoms with E-state index in [1.54, 1.807) is 7.11 Å². The molecule has 0 atom stereocenters. The van der Waals surface area contributed by atoms with Gasteiger partial charge in [-0.2, -0.15) is 0 Å². The van der Waals surface area contributed by atoms with Gasteiger partial charge in [-0.05, 0) is 36.4 Å². The monoisotopic (exact) mass is 390 g/mol. The Hall–Kier alpha value is -2.02. The molecule has 0 fully saturated rings. The highest BCUT2D eigenvalue weighted by atomic mass is 35.5. The molecule has 1 amide bonds. The zero-order chi connectivity index (χ0) is 17.6. The number of anilines is 1. The molecule has 0 aliphatic heterocycles. The van der Waals surface area contributed by atoms with Crippen molar-refractivity contribution in [2.75, 3.05) is 18.2 Å². The molecule has 0 bridgehead atoms. The molecule has 0 saturated carbocycles. The van der Waals surface area contributed by atoms with Gasteiger partial charge in [-0.25, -0.2) is 4.98 Å².